The maximum Gasteiger partial charge on any atom is 0.270 e. The van der Waals surface area contributed by atoms with Gasteiger partial charge in [0.15, 0.2) is 0 Å². The first-order valence-electron chi connectivity index (χ1n) is 6.34. The first-order valence-corrected chi connectivity index (χ1v) is 8.02. The van der Waals surface area contributed by atoms with Gasteiger partial charge < -0.3 is 4.90 Å². The van der Waals surface area contributed by atoms with E-state index in [-0.39, 0.29) is 11.6 Å². The molecule has 2 aromatic rings. The fourth-order valence-electron chi connectivity index (χ4n) is 2.38. The van der Waals surface area contributed by atoms with Gasteiger partial charge in [-0.25, -0.2) is 0 Å². The number of benzene rings is 1. The average molecular weight is 367 g/mol. The van der Waals surface area contributed by atoms with Gasteiger partial charge >= 0.3 is 0 Å². The van der Waals surface area contributed by atoms with Crippen LogP contribution in [0.5, 0.6) is 0 Å². The third-order valence-corrected chi connectivity index (χ3v) is 5.20. The largest absolute Gasteiger partial charge is 0.334 e. The number of non-ortho nitro benzene ring substituents is 1. The van der Waals surface area contributed by atoms with E-state index in [4.69, 9.17) is 0 Å². The van der Waals surface area contributed by atoms with E-state index < -0.39 is 4.92 Å². The molecule has 1 amide bonds. The summed E-state index contributed by atoms with van der Waals surface area (Å²) in [7, 11) is 0. The molecule has 1 aromatic carbocycles. The molecular formula is C14H11BrN2O3S. The summed E-state index contributed by atoms with van der Waals surface area (Å²) in [6, 6.07) is 6.29. The fraction of sp³-hybridized carbons (Fsp3) is 0.214. The Hall–Kier alpha value is -1.73. The van der Waals surface area contributed by atoms with Crippen molar-refractivity contribution in [2.24, 2.45) is 0 Å². The zero-order valence-electron chi connectivity index (χ0n) is 10.9. The van der Waals surface area contributed by atoms with Crippen molar-refractivity contribution in [3.63, 3.8) is 0 Å². The SMILES string of the molecule is O=C(c1cc([N+](=O)[O-])ccc1Br)N1CCc2sccc2C1. The number of carbonyl (C=O) groups excluding carboxylic acids is 1. The van der Waals surface area contributed by atoms with Gasteiger partial charge in [-0.1, -0.05) is 0 Å². The second-order valence-corrected chi connectivity index (χ2v) is 6.62. The maximum atomic E-state index is 12.6. The minimum atomic E-state index is -0.490. The Labute approximate surface area is 133 Å². The van der Waals surface area contributed by atoms with E-state index in [1.165, 1.54) is 22.6 Å². The van der Waals surface area contributed by atoms with Crippen LogP contribution < -0.4 is 0 Å². The van der Waals surface area contributed by atoms with Gasteiger partial charge in [-0.3, -0.25) is 14.9 Å². The van der Waals surface area contributed by atoms with Gasteiger partial charge in [-0.15, -0.1) is 11.3 Å². The highest BCUT2D eigenvalue weighted by Crippen LogP contribution is 2.28. The van der Waals surface area contributed by atoms with Gasteiger partial charge in [-0.2, -0.15) is 0 Å². The second kappa shape index (κ2) is 5.57. The molecule has 0 N–H and O–H groups in total. The van der Waals surface area contributed by atoms with Gasteiger partial charge in [0.2, 0.25) is 0 Å². The van der Waals surface area contributed by atoms with Crippen LogP contribution >= 0.6 is 27.3 Å². The monoisotopic (exact) mass is 366 g/mol. The highest BCUT2D eigenvalue weighted by atomic mass is 79.9. The zero-order chi connectivity index (χ0) is 15.0. The Morgan fingerprint density at radius 2 is 2.19 bits per heavy atom. The van der Waals surface area contributed by atoms with Crippen molar-refractivity contribution in [3.8, 4) is 0 Å². The minimum absolute atomic E-state index is 0.0743. The lowest BCUT2D eigenvalue weighted by molar-refractivity contribution is -0.384. The Kier molecular flexibility index (Phi) is 3.77. The molecule has 0 saturated carbocycles. The van der Waals surface area contributed by atoms with Gasteiger partial charge in [0.1, 0.15) is 0 Å². The molecule has 1 aliphatic heterocycles. The molecule has 0 bridgehead atoms. The summed E-state index contributed by atoms with van der Waals surface area (Å²) in [6.07, 6.45) is 0.839. The quantitative estimate of drug-likeness (QED) is 0.602. The summed E-state index contributed by atoms with van der Waals surface area (Å²) >= 11 is 5.01. The summed E-state index contributed by atoms with van der Waals surface area (Å²) in [6.45, 7) is 1.20. The normalized spacial score (nSPS) is 13.9. The van der Waals surface area contributed by atoms with Crippen molar-refractivity contribution in [2.75, 3.05) is 6.54 Å². The molecule has 0 fully saturated rings. The van der Waals surface area contributed by atoms with Crippen LogP contribution in [-0.4, -0.2) is 22.3 Å². The molecule has 108 valence electrons. The van der Waals surface area contributed by atoms with E-state index in [0.717, 1.165) is 6.42 Å². The third-order valence-electron chi connectivity index (χ3n) is 3.49. The lowest BCUT2D eigenvalue weighted by atomic mass is 10.1. The van der Waals surface area contributed by atoms with Crippen LogP contribution in [0.1, 0.15) is 20.8 Å². The lowest BCUT2D eigenvalue weighted by Gasteiger charge is -2.27. The maximum absolute atomic E-state index is 12.6. The molecule has 0 radical (unpaired) electrons. The van der Waals surface area contributed by atoms with Crippen LogP contribution in [0.3, 0.4) is 0 Å². The molecule has 0 spiro atoms. The van der Waals surface area contributed by atoms with Gasteiger partial charge in [0.05, 0.1) is 10.5 Å². The number of rotatable bonds is 2. The standard InChI is InChI=1S/C14H11BrN2O3S/c15-12-2-1-10(17(19)20)7-11(12)14(18)16-5-3-13-9(8-16)4-6-21-13/h1-2,4,6-7H,3,5,8H2. The fourth-order valence-corrected chi connectivity index (χ4v) is 3.69. The van der Waals surface area contributed by atoms with E-state index >= 15 is 0 Å². The molecule has 0 unspecified atom stereocenters. The van der Waals surface area contributed by atoms with E-state index in [9.17, 15) is 14.9 Å². The number of nitrogens with zero attached hydrogens (tertiary/aromatic N) is 2. The van der Waals surface area contributed by atoms with Crippen molar-refractivity contribution >= 4 is 38.9 Å². The van der Waals surface area contributed by atoms with Crippen molar-refractivity contribution in [1.29, 1.82) is 0 Å². The predicted octanol–water partition coefficient (Wildman–Crippen LogP) is 3.62. The Morgan fingerprint density at radius 3 is 2.95 bits per heavy atom. The van der Waals surface area contributed by atoms with Crippen molar-refractivity contribution in [1.82, 2.24) is 4.90 Å². The summed E-state index contributed by atoms with van der Waals surface area (Å²) in [4.78, 5) is 26.0. The summed E-state index contributed by atoms with van der Waals surface area (Å²) in [5.74, 6) is -0.178. The van der Waals surface area contributed by atoms with E-state index in [1.807, 2.05) is 11.4 Å². The first kappa shape index (κ1) is 14.2. The van der Waals surface area contributed by atoms with Crippen LogP contribution in [0.2, 0.25) is 0 Å². The van der Waals surface area contributed by atoms with Gasteiger partial charge in [0.25, 0.3) is 11.6 Å². The van der Waals surface area contributed by atoms with Crippen LogP contribution in [0.15, 0.2) is 34.1 Å². The minimum Gasteiger partial charge on any atom is -0.334 e. The zero-order valence-corrected chi connectivity index (χ0v) is 13.3. The Morgan fingerprint density at radius 1 is 1.38 bits per heavy atom. The molecule has 0 saturated heterocycles. The summed E-state index contributed by atoms with van der Waals surface area (Å²) < 4.78 is 0.578. The second-order valence-electron chi connectivity index (χ2n) is 4.77. The summed E-state index contributed by atoms with van der Waals surface area (Å²) in [5.41, 5.74) is 1.43. The first-order chi connectivity index (χ1) is 10.1. The highest BCUT2D eigenvalue weighted by molar-refractivity contribution is 9.10. The lowest BCUT2D eigenvalue weighted by Crippen LogP contribution is -2.35. The summed E-state index contributed by atoms with van der Waals surface area (Å²) in [5, 5.41) is 12.9. The number of thiophene rings is 1. The van der Waals surface area contributed by atoms with Crippen LogP contribution in [-0.2, 0) is 13.0 Å². The van der Waals surface area contributed by atoms with Gasteiger partial charge in [0, 0.05) is 34.6 Å². The van der Waals surface area contributed by atoms with Gasteiger partial charge in [-0.05, 0) is 45.4 Å². The third kappa shape index (κ3) is 2.71. The number of fused-ring (bicyclic) bond motifs is 1. The predicted molar refractivity (Wildman–Crippen MR) is 83.6 cm³/mol. The average Bonchev–Trinajstić information content (AvgIpc) is 2.94. The molecule has 2 heterocycles. The van der Waals surface area contributed by atoms with E-state index in [2.05, 4.69) is 15.9 Å². The number of halogens is 1. The number of amides is 1. The smallest absolute Gasteiger partial charge is 0.270 e. The van der Waals surface area contributed by atoms with Crippen molar-refractivity contribution in [2.45, 2.75) is 13.0 Å². The molecular weight excluding hydrogens is 356 g/mol. The number of carbonyl (C=O) groups is 1. The number of nitro groups is 1. The molecule has 3 rings (SSSR count). The van der Waals surface area contributed by atoms with Crippen LogP contribution in [0.4, 0.5) is 5.69 Å². The van der Waals surface area contributed by atoms with Crippen molar-refractivity contribution < 1.29 is 9.72 Å². The van der Waals surface area contributed by atoms with E-state index in [0.29, 0.717) is 23.1 Å². The molecule has 0 atom stereocenters. The van der Waals surface area contributed by atoms with Crippen molar-refractivity contribution in [3.05, 3.63) is 60.2 Å². The molecule has 21 heavy (non-hydrogen) atoms. The topological polar surface area (TPSA) is 63.4 Å². The molecule has 7 heteroatoms. The van der Waals surface area contributed by atoms with Crippen LogP contribution in [0, 0.1) is 10.1 Å². The highest BCUT2D eigenvalue weighted by Gasteiger charge is 2.25. The Balaban J connectivity index is 1.89. The van der Waals surface area contributed by atoms with Crippen LogP contribution in [0.25, 0.3) is 0 Å². The van der Waals surface area contributed by atoms with E-state index in [1.54, 1.807) is 22.3 Å². The molecule has 1 aliphatic rings. The number of hydrogen-bond donors (Lipinski definition) is 0. The Bertz CT molecular complexity index is 729. The molecule has 5 nitrogen and oxygen atoms in total. The number of hydrogen-bond acceptors (Lipinski definition) is 4. The molecule has 1 aromatic heterocycles. The molecule has 0 aliphatic carbocycles. The number of nitro benzene ring substituents is 1.